The molecule has 3 nitrogen and oxygen atoms in total. The minimum absolute atomic E-state index is 0.0150. The minimum Gasteiger partial charge on any atom is -0.508 e. The number of hydrogen-bond acceptors (Lipinski definition) is 3. The second kappa shape index (κ2) is 6.97. The molecule has 0 aliphatic heterocycles. The minimum atomic E-state index is 0.0150. The van der Waals surface area contributed by atoms with Crippen molar-refractivity contribution in [2.75, 3.05) is 7.11 Å². The van der Waals surface area contributed by atoms with E-state index in [0.29, 0.717) is 6.42 Å². The highest BCUT2D eigenvalue weighted by Crippen LogP contribution is 2.35. The summed E-state index contributed by atoms with van der Waals surface area (Å²) in [5.41, 5.74) is 2.98. The topological polar surface area (TPSA) is 42.4 Å². The number of phenols is 1. The van der Waals surface area contributed by atoms with Gasteiger partial charge in [0.15, 0.2) is 0 Å². The molecular weight excluding hydrogens is 286 g/mol. The fourth-order valence-electron chi connectivity index (χ4n) is 2.76. The normalized spacial score (nSPS) is 11.9. The Kier molecular flexibility index (Phi) is 4.57. The first kappa shape index (κ1) is 15.1. The Morgan fingerprint density at radius 2 is 1.78 bits per heavy atom. The van der Waals surface area contributed by atoms with Gasteiger partial charge in [-0.15, -0.1) is 0 Å². The van der Waals surface area contributed by atoms with Crippen molar-refractivity contribution >= 4 is 0 Å². The number of aromatic hydroxyl groups is 1. The van der Waals surface area contributed by atoms with E-state index in [1.54, 1.807) is 25.4 Å². The quantitative estimate of drug-likeness (QED) is 0.769. The number of hydrogen-bond donors (Lipinski definition) is 1. The van der Waals surface area contributed by atoms with E-state index < -0.39 is 0 Å². The van der Waals surface area contributed by atoms with Gasteiger partial charge in [0, 0.05) is 29.8 Å². The highest BCUT2D eigenvalue weighted by molar-refractivity contribution is 5.46. The van der Waals surface area contributed by atoms with Crippen molar-refractivity contribution < 1.29 is 9.84 Å². The smallest absolute Gasteiger partial charge is 0.119 e. The maximum Gasteiger partial charge on any atom is 0.119 e. The van der Waals surface area contributed by atoms with Crippen molar-refractivity contribution in [1.29, 1.82) is 0 Å². The summed E-state index contributed by atoms with van der Waals surface area (Å²) in [6, 6.07) is 21.4. The Bertz CT molecular complexity index is 757. The number of rotatable bonds is 5. The lowest BCUT2D eigenvalue weighted by atomic mass is 9.86. The third kappa shape index (κ3) is 3.51. The van der Waals surface area contributed by atoms with Crippen LogP contribution in [0.5, 0.6) is 11.5 Å². The second-order valence-electron chi connectivity index (χ2n) is 5.41. The molecule has 0 aliphatic carbocycles. The zero-order valence-electron chi connectivity index (χ0n) is 13.0. The number of aromatic nitrogens is 1. The van der Waals surface area contributed by atoms with Gasteiger partial charge in [0.2, 0.25) is 0 Å². The van der Waals surface area contributed by atoms with Gasteiger partial charge in [-0.3, -0.25) is 4.98 Å². The molecule has 0 saturated heterocycles. The molecule has 0 saturated carbocycles. The molecule has 23 heavy (non-hydrogen) atoms. The lowest BCUT2D eigenvalue weighted by Crippen LogP contribution is -2.07. The van der Waals surface area contributed by atoms with Crippen LogP contribution in [0, 0.1) is 0 Å². The van der Waals surface area contributed by atoms with Crippen LogP contribution in [0.2, 0.25) is 0 Å². The number of methoxy groups -OCH3 is 1. The van der Waals surface area contributed by atoms with E-state index in [4.69, 9.17) is 4.74 Å². The average Bonchev–Trinajstić information content (AvgIpc) is 2.62. The van der Waals surface area contributed by atoms with E-state index in [0.717, 1.165) is 22.6 Å². The van der Waals surface area contributed by atoms with Crippen LogP contribution in [0.15, 0.2) is 72.9 Å². The molecule has 116 valence electrons. The highest BCUT2D eigenvalue weighted by Gasteiger charge is 2.19. The van der Waals surface area contributed by atoms with Crippen LogP contribution in [0.25, 0.3) is 0 Å². The Hall–Kier alpha value is -2.81. The predicted octanol–water partition coefficient (Wildman–Crippen LogP) is 4.17. The summed E-state index contributed by atoms with van der Waals surface area (Å²) in [4.78, 5) is 4.43. The zero-order chi connectivity index (χ0) is 16.1. The lowest BCUT2D eigenvalue weighted by molar-refractivity contribution is 0.410. The van der Waals surface area contributed by atoms with Gasteiger partial charge in [-0.05, 0) is 35.9 Å². The van der Waals surface area contributed by atoms with Gasteiger partial charge in [-0.25, -0.2) is 0 Å². The zero-order valence-corrected chi connectivity index (χ0v) is 13.0. The number of nitrogens with zero attached hydrogens (tertiary/aromatic N) is 1. The molecule has 3 heteroatoms. The van der Waals surface area contributed by atoms with Crippen molar-refractivity contribution in [3.8, 4) is 11.5 Å². The van der Waals surface area contributed by atoms with Crippen molar-refractivity contribution in [2.24, 2.45) is 0 Å². The number of phenolic OH excluding ortho intramolecular Hbond substituents is 1. The molecule has 1 unspecified atom stereocenters. The first-order valence-corrected chi connectivity index (χ1v) is 7.59. The number of ether oxygens (including phenoxy) is 1. The van der Waals surface area contributed by atoms with E-state index in [-0.39, 0.29) is 11.7 Å². The third-order valence-corrected chi connectivity index (χ3v) is 3.95. The molecule has 3 aromatic rings. The molecular formula is C20H19NO2. The molecule has 3 rings (SSSR count). The first-order chi connectivity index (χ1) is 11.3. The van der Waals surface area contributed by atoms with E-state index in [1.807, 2.05) is 42.5 Å². The standard InChI is InChI=1S/C20H19NO2/c1-23-17-10-11-20(22)19(14-17)18(15-7-3-2-4-8-15)13-16-9-5-6-12-21-16/h2-12,14,18,22H,13H2,1H3. The fraction of sp³-hybridized carbons (Fsp3) is 0.150. The molecule has 1 aromatic heterocycles. The van der Waals surface area contributed by atoms with Crippen LogP contribution in [-0.2, 0) is 6.42 Å². The van der Waals surface area contributed by atoms with Gasteiger partial charge in [-0.1, -0.05) is 36.4 Å². The summed E-state index contributed by atoms with van der Waals surface area (Å²) in [5.74, 6) is 1.02. The van der Waals surface area contributed by atoms with Crippen molar-refractivity contribution in [3.05, 3.63) is 89.7 Å². The molecule has 0 bridgehead atoms. The summed E-state index contributed by atoms with van der Waals surface area (Å²) in [5, 5.41) is 10.4. The van der Waals surface area contributed by atoms with Crippen LogP contribution in [0.1, 0.15) is 22.7 Å². The van der Waals surface area contributed by atoms with E-state index in [9.17, 15) is 5.11 Å². The number of benzene rings is 2. The van der Waals surface area contributed by atoms with Gasteiger partial charge in [0.05, 0.1) is 7.11 Å². The monoisotopic (exact) mass is 305 g/mol. The van der Waals surface area contributed by atoms with E-state index >= 15 is 0 Å². The maximum atomic E-state index is 10.4. The summed E-state index contributed by atoms with van der Waals surface area (Å²) in [6.45, 7) is 0. The maximum absolute atomic E-state index is 10.4. The van der Waals surface area contributed by atoms with Crippen molar-refractivity contribution in [1.82, 2.24) is 4.98 Å². The highest BCUT2D eigenvalue weighted by atomic mass is 16.5. The lowest BCUT2D eigenvalue weighted by Gasteiger charge is -2.19. The van der Waals surface area contributed by atoms with Crippen LogP contribution in [0.3, 0.4) is 0 Å². The molecule has 2 aromatic carbocycles. The average molecular weight is 305 g/mol. The largest absolute Gasteiger partial charge is 0.508 e. The predicted molar refractivity (Wildman–Crippen MR) is 90.9 cm³/mol. The Balaban J connectivity index is 2.05. The molecule has 0 aliphatic rings. The SMILES string of the molecule is COc1ccc(O)c(C(Cc2ccccn2)c2ccccc2)c1. The molecule has 1 atom stereocenters. The summed E-state index contributed by atoms with van der Waals surface area (Å²) < 4.78 is 5.32. The summed E-state index contributed by atoms with van der Waals surface area (Å²) >= 11 is 0. The van der Waals surface area contributed by atoms with Crippen LogP contribution in [-0.4, -0.2) is 17.2 Å². The van der Waals surface area contributed by atoms with E-state index in [2.05, 4.69) is 17.1 Å². The third-order valence-electron chi connectivity index (χ3n) is 3.95. The second-order valence-corrected chi connectivity index (χ2v) is 5.41. The Morgan fingerprint density at radius 1 is 1.00 bits per heavy atom. The van der Waals surface area contributed by atoms with Crippen molar-refractivity contribution in [2.45, 2.75) is 12.3 Å². The summed E-state index contributed by atoms with van der Waals surface area (Å²) in [6.07, 6.45) is 2.51. The van der Waals surface area contributed by atoms with E-state index in [1.165, 1.54) is 0 Å². The molecule has 1 heterocycles. The number of pyridine rings is 1. The Labute approximate surface area is 136 Å². The van der Waals surface area contributed by atoms with Gasteiger partial charge in [-0.2, -0.15) is 0 Å². The van der Waals surface area contributed by atoms with Gasteiger partial charge in [0.1, 0.15) is 11.5 Å². The van der Waals surface area contributed by atoms with Crippen LogP contribution in [0.4, 0.5) is 0 Å². The van der Waals surface area contributed by atoms with Gasteiger partial charge >= 0.3 is 0 Å². The molecule has 0 fully saturated rings. The summed E-state index contributed by atoms with van der Waals surface area (Å²) in [7, 11) is 1.63. The molecule has 0 spiro atoms. The van der Waals surface area contributed by atoms with Crippen LogP contribution < -0.4 is 4.74 Å². The molecule has 0 amide bonds. The van der Waals surface area contributed by atoms with Crippen molar-refractivity contribution in [3.63, 3.8) is 0 Å². The van der Waals surface area contributed by atoms with Gasteiger partial charge < -0.3 is 9.84 Å². The fourth-order valence-corrected chi connectivity index (χ4v) is 2.76. The van der Waals surface area contributed by atoms with Crippen LogP contribution >= 0.6 is 0 Å². The molecule has 0 radical (unpaired) electrons. The first-order valence-electron chi connectivity index (χ1n) is 7.59. The van der Waals surface area contributed by atoms with Gasteiger partial charge in [0.25, 0.3) is 0 Å². The molecule has 1 N–H and O–H groups in total. The Morgan fingerprint density at radius 3 is 2.48 bits per heavy atom.